The summed E-state index contributed by atoms with van der Waals surface area (Å²) in [5.41, 5.74) is 4.94. The van der Waals surface area contributed by atoms with E-state index >= 15 is 0 Å². The molecule has 1 aliphatic heterocycles. The molecule has 1 aliphatic rings. The van der Waals surface area contributed by atoms with Crippen molar-refractivity contribution in [3.8, 4) is 0 Å². The molecule has 0 aliphatic carbocycles. The summed E-state index contributed by atoms with van der Waals surface area (Å²) in [4.78, 5) is 30.9. The molecule has 6 nitrogen and oxygen atoms in total. The standard InChI is InChI=1S/C24H29N3O3/c1-4-30-24(29)21(16-18-11-7-5-8-12-18)27-23(28)20(15-17(2)3)25-22(26-27)19-13-9-6-10-14-19/h5-14,17,20-21H,4,15-16H2,1-3H3,(H,25,26)/t20-,21?/m0/s1. The van der Waals surface area contributed by atoms with Crippen LogP contribution in [-0.4, -0.2) is 41.4 Å². The summed E-state index contributed by atoms with van der Waals surface area (Å²) in [6.07, 6.45) is 0.961. The van der Waals surface area contributed by atoms with Crippen molar-refractivity contribution >= 4 is 17.7 Å². The van der Waals surface area contributed by atoms with Gasteiger partial charge in [-0.1, -0.05) is 74.5 Å². The van der Waals surface area contributed by atoms with Gasteiger partial charge in [0, 0.05) is 12.0 Å². The number of ether oxygens (including phenoxy) is 1. The molecular formula is C24H29N3O3. The predicted molar refractivity (Wildman–Crippen MR) is 117 cm³/mol. The number of esters is 1. The number of nitrogens with one attached hydrogen (secondary N) is 1. The average Bonchev–Trinajstić information content (AvgIpc) is 2.75. The van der Waals surface area contributed by atoms with E-state index in [1.54, 1.807) is 6.92 Å². The molecule has 0 saturated carbocycles. The first kappa shape index (κ1) is 21.6. The van der Waals surface area contributed by atoms with E-state index in [9.17, 15) is 9.59 Å². The van der Waals surface area contributed by atoms with Crippen LogP contribution < -0.4 is 5.43 Å². The minimum atomic E-state index is -0.788. The number of carbonyl (C=O) groups is 2. The number of carbonyl (C=O) groups excluding carboxylic acids is 2. The Bertz CT molecular complexity index is 881. The fraction of sp³-hybridized carbons (Fsp3) is 0.375. The highest BCUT2D eigenvalue weighted by Crippen LogP contribution is 2.20. The van der Waals surface area contributed by atoms with Crippen LogP contribution in [0.1, 0.15) is 38.3 Å². The fourth-order valence-corrected chi connectivity index (χ4v) is 3.49. The van der Waals surface area contributed by atoms with Crippen molar-refractivity contribution in [2.24, 2.45) is 10.9 Å². The van der Waals surface area contributed by atoms with Crippen molar-refractivity contribution in [1.82, 2.24) is 10.4 Å². The summed E-state index contributed by atoms with van der Waals surface area (Å²) in [7, 11) is 0. The third-order valence-corrected chi connectivity index (χ3v) is 4.92. The first-order valence-electron chi connectivity index (χ1n) is 10.4. The summed E-state index contributed by atoms with van der Waals surface area (Å²) < 4.78 is 5.32. The molecular weight excluding hydrogens is 378 g/mol. The topological polar surface area (TPSA) is 71.0 Å². The lowest BCUT2D eigenvalue weighted by molar-refractivity contribution is -0.157. The minimum Gasteiger partial charge on any atom is -0.464 e. The van der Waals surface area contributed by atoms with E-state index in [4.69, 9.17) is 4.74 Å². The molecule has 0 spiro atoms. The van der Waals surface area contributed by atoms with Gasteiger partial charge in [-0.05, 0) is 24.8 Å². The Morgan fingerprint density at radius 3 is 2.33 bits per heavy atom. The number of amidine groups is 1. The summed E-state index contributed by atoms with van der Waals surface area (Å²) in [6, 6.07) is 17.9. The molecule has 0 bridgehead atoms. The molecule has 0 aromatic heterocycles. The molecule has 30 heavy (non-hydrogen) atoms. The van der Waals surface area contributed by atoms with Gasteiger partial charge in [0.1, 0.15) is 11.9 Å². The van der Waals surface area contributed by atoms with Gasteiger partial charge in [-0.3, -0.25) is 15.2 Å². The van der Waals surface area contributed by atoms with Crippen molar-refractivity contribution < 1.29 is 14.3 Å². The lowest BCUT2D eigenvalue weighted by atomic mass is 10.00. The molecule has 6 heteroatoms. The second kappa shape index (κ2) is 10.1. The van der Waals surface area contributed by atoms with Crippen LogP contribution in [0, 0.1) is 5.92 Å². The quantitative estimate of drug-likeness (QED) is 0.681. The summed E-state index contributed by atoms with van der Waals surface area (Å²) in [5, 5.41) is 1.42. The molecule has 2 aromatic carbocycles. The van der Waals surface area contributed by atoms with Crippen molar-refractivity contribution in [2.45, 2.75) is 45.7 Å². The summed E-state index contributed by atoms with van der Waals surface area (Å²) in [6.45, 7) is 6.14. The van der Waals surface area contributed by atoms with E-state index in [2.05, 4.69) is 24.3 Å². The van der Waals surface area contributed by atoms with Gasteiger partial charge < -0.3 is 4.74 Å². The first-order chi connectivity index (χ1) is 14.5. The average molecular weight is 408 g/mol. The molecule has 2 aromatic rings. The largest absolute Gasteiger partial charge is 0.464 e. The third kappa shape index (κ3) is 5.26. The molecule has 1 N–H and O–H groups in total. The Morgan fingerprint density at radius 2 is 1.73 bits per heavy atom. The predicted octanol–water partition coefficient (Wildman–Crippen LogP) is 3.37. The van der Waals surface area contributed by atoms with E-state index in [0.717, 1.165) is 11.1 Å². The Hall–Kier alpha value is -3.15. The molecule has 3 rings (SSSR count). The van der Waals surface area contributed by atoms with Gasteiger partial charge >= 0.3 is 5.97 Å². The second-order valence-corrected chi connectivity index (χ2v) is 7.77. The monoisotopic (exact) mass is 407 g/mol. The first-order valence-corrected chi connectivity index (χ1v) is 10.4. The number of nitrogens with zero attached hydrogens (tertiary/aromatic N) is 2. The van der Waals surface area contributed by atoms with Gasteiger partial charge in [0.25, 0.3) is 5.91 Å². The van der Waals surface area contributed by atoms with Crippen LogP contribution >= 0.6 is 0 Å². The van der Waals surface area contributed by atoms with Crippen molar-refractivity contribution in [3.63, 3.8) is 0 Å². The Balaban J connectivity index is 1.97. The number of hydrogen-bond donors (Lipinski definition) is 1. The number of rotatable bonds is 8. The Kier molecular flexibility index (Phi) is 7.22. The molecule has 2 atom stereocenters. The zero-order valence-corrected chi connectivity index (χ0v) is 17.7. The summed E-state index contributed by atoms with van der Waals surface area (Å²) in [5.74, 6) is 0.232. The molecule has 1 unspecified atom stereocenters. The number of amides is 1. The zero-order valence-electron chi connectivity index (χ0n) is 17.7. The van der Waals surface area contributed by atoms with Gasteiger partial charge in [-0.15, -0.1) is 0 Å². The molecule has 0 fully saturated rings. The smallest absolute Gasteiger partial charge is 0.331 e. The van der Waals surface area contributed by atoms with Crippen LogP contribution in [-0.2, 0) is 20.7 Å². The third-order valence-electron chi connectivity index (χ3n) is 4.92. The number of benzene rings is 2. The lowest BCUT2D eigenvalue weighted by Gasteiger charge is -2.37. The van der Waals surface area contributed by atoms with Crippen LogP contribution in [0.5, 0.6) is 0 Å². The van der Waals surface area contributed by atoms with Crippen LogP contribution in [0.4, 0.5) is 0 Å². The number of hydrogen-bond acceptors (Lipinski definition) is 5. The van der Waals surface area contributed by atoms with Crippen molar-refractivity contribution in [2.75, 3.05) is 6.61 Å². The molecule has 1 amide bonds. The minimum absolute atomic E-state index is 0.211. The van der Waals surface area contributed by atoms with Gasteiger partial charge in [0.15, 0.2) is 6.04 Å². The highest BCUT2D eigenvalue weighted by Gasteiger charge is 2.39. The maximum atomic E-state index is 13.3. The van der Waals surface area contributed by atoms with Crippen molar-refractivity contribution in [1.29, 1.82) is 0 Å². The maximum Gasteiger partial charge on any atom is 0.331 e. The second-order valence-electron chi connectivity index (χ2n) is 7.77. The van der Waals surface area contributed by atoms with Gasteiger partial charge in [-0.25, -0.2) is 9.80 Å². The Labute approximate surface area is 177 Å². The van der Waals surface area contributed by atoms with E-state index < -0.39 is 18.1 Å². The highest BCUT2D eigenvalue weighted by atomic mass is 16.5. The highest BCUT2D eigenvalue weighted by molar-refractivity contribution is 6.04. The van der Waals surface area contributed by atoms with Crippen LogP contribution in [0.25, 0.3) is 0 Å². The SMILES string of the molecule is CCOC(=O)C(Cc1ccccc1)N1NC(c2ccccc2)=N[C@@H](CC(C)C)C1=O. The molecule has 158 valence electrons. The van der Waals surface area contributed by atoms with E-state index in [0.29, 0.717) is 18.7 Å². The zero-order chi connectivity index (χ0) is 21.5. The van der Waals surface area contributed by atoms with Gasteiger partial charge in [0.05, 0.1) is 6.61 Å². The van der Waals surface area contributed by atoms with Crippen LogP contribution in [0.3, 0.4) is 0 Å². The van der Waals surface area contributed by atoms with Crippen LogP contribution in [0.2, 0.25) is 0 Å². The Morgan fingerprint density at radius 1 is 1.10 bits per heavy atom. The summed E-state index contributed by atoms with van der Waals surface area (Å²) >= 11 is 0. The van der Waals surface area contributed by atoms with E-state index in [-0.39, 0.29) is 18.4 Å². The molecule has 0 saturated heterocycles. The fourth-order valence-electron chi connectivity index (χ4n) is 3.49. The molecule has 0 radical (unpaired) electrons. The number of hydrazine groups is 1. The maximum absolute atomic E-state index is 13.3. The van der Waals surface area contributed by atoms with E-state index in [1.807, 2.05) is 60.7 Å². The van der Waals surface area contributed by atoms with Gasteiger partial charge in [0.2, 0.25) is 0 Å². The van der Waals surface area contributed by atoms with Gasteiger partial charge in [-0.2, -0.15) is 0 Å². The lowest BCUT2D eigenvalue weighted by Crippen LogP contribution is -2.61. The number of aliphatic imine (C=N–C) groups is 1. The molecule has 1 heterocycles. The van der Waals surface area contributed by atoms with Crippen molar-refractivity contribution in [3.05, 3.63) is 71.8 Å². The normalized spacial score (nSPS) is 17.3. The van der Waals surface area contributed by atoms with Crippen LogP contribution in [0.15, 0.2) is 65.7 Å². The van der Waals surface area contributed by atoms with E-state index in [1.165, 1.54) is 5.01 Å².